The molecule has 0 aliphatic rings. The van der Waals surface area contributed by atoms with E-state index in [9.17, 15) is 4.79 Å². The summed E-state index contributed by atoms with van der Waals surface area (Å²) in [5.74, 6) is -0.0307. The summed E-state index contributed by atoms with van der Waals surface area (Å²) in [5, 5.41) is 0.107. The highest BCUT2D eigenvalue weighted by atomic mass is 35.5. The van der Waals surface area contributed by atoms with Crippen molar-refractivity contribution in [2.75, 3.05) is 0 Å². The van der Waals surface area contributed by atoms with Gasteiger partial charge in [-0.05, 0) is 17.7 Å². The van der Waals surface area contributed by atoms with Crippen LogP contribution in [0.2, 0.25) is 5.28 Å². The zero-order valence-corrected chi connectivity index (χ0v) is 8.59. The smallest absolute Gasteiger partial charge is 0.222 e. The van der Waals surface area contributed by atoms with Gasteiger partial charge in [0.1, 0.15) is 5.69 Å². The Balaban J connectivity index is 3.03. The number of hydrogen-bond donors (Lipinski definition) is 0. The summed E-state index contributed by atoms with van der Waals surface area (Å²) < 4.78 is 0. The van der Waals surface area contributed by atoms with E-state index >= 15 is 0 Å². The second-order valence-electron chi connectivity index (χ2n) is 3.79. The van der Waals surface area contributed by atoms with Crippen LogP contribution < -0.4 is 0 Å². The summed E-state index contributed by atoms with van der Waals surface area (Å²) in [6.45, 7) is 5.52. The third kappa shape index (κ3) is 2.49. The van der Waals surface area contributed by atoms with Gasteiger partial charge in [0, 0.05) is 11.6 Å². The molecule has 0 unspecified atom stereocenters. The number of hydrogen-bond acceptors (Lipinski definition) is 3. The first-order valence-electron chi connectivity index (χ1n) is 3.94. The molecule has 0 fully saturated rings. The van der Waals surface area contributed by atoms with Crippen LogP contribution in [0.25, 0.3) is 0 Å². The van der Waals surface area contributed by atoms with Gasteiger partial charge in [-0.2, -0.15) is 0 Å². The molecule has 0 amide bonds. The zero-order valence-electron chi connectivity index (χ0n) is 7.84. The molecule has 3 nitrogen and oxygen atoms in total. The maximum atomic E-state index is 11.7. The van der Waals surface area contributed by atoms with Crippen LogP contribution in [0.1, 0.15) is 31.3 Å². The summed E-state index contributed by atoms with van der Waals surface area (Å²) in [6.07, 6.45) is 1.48. The Morgan fingerprint density at radius 3 is 2.54 bits per heavy atom. The molecule has 1 heterocycles. The normalized spacial score (nSPS) is 11.4. The second kappa shape index (κ2) is 3.42. The first-order valence-corrected chi connectivity index (χ1v) is 4.32. The minimum Gasteiger partial charge on any atom is -0.292 e. The second-order valence-corrected chi connectivity index (χ2v) is 4.13. The maximum Gasteiger partial charge on any atom is 0.222 e. The molecule has 0 spiro atoms. The molecule has 0 aromatic carbocycles. The van der Waals surface area contributed by atoms with E-state index in [1.807, 2.05) is 20.8 Å². The number of Topliss-reactive ketones (excluding diaryl/α,β-unsaturated/α-hetero) is 1. The fourth-order valence-corrected chi connectivity index (χ4v) is 0.993. The highest BCUT2D eigenvalue weighted by molar-refractivity contribution is 6.28. The summed E-state index contributed by atoms with van der Waals surface area (Å²) in [5.41, 5.74) is -0.0648. The molecule has 1 aromatic rings. The van der Waals surface area contributed by atoms with E-state index < -0.39 is 5.41 Å². The molecule has 70 valence electrons. The average molecular weight is 199 g/mol. The number of nitrogens with zero attached hydrogens (tertiary/aromatic N) is 2. The first-order chi connectivity index (χ1) is 5.91. The standard InChI is InChI=1S/C9H11ClN2O/c1-9(2,3)7(13)6-4-5-11-8(10)12-6/h4-5H,1-3H3. The Bertz CT molecular complexity index is 331. The fraction of sp³-hybridized carbons (Fsp3) is 0.444. The van der Waals surface area contributed by atoms with Crippen molar-refractivity contribution in [1.82, 2.24) is 9.97 Å². The SMILES string of the molecule is CC(C)(C)C(=O)c1ccnc(Cl)n1. The van der Waals surface area contributed by atoms with Gasteiger partial charge >= 0.3 is 0 Å². The Kier molecular flexibility index (Phi) is 2.66. The average Bonchev–Trinajstić information content (AvgIpc) is 2.01. The summed E-state index contributed by atoms with van der Waals surface area (Å²) >= 11 is 5.56. The largest absolute Gasteiger partial charge is 0.292 e. The molecule has 4 heteroatoms. The van der Waals surface area contributed by atoms with E-state index in [1.165, 1.54) is 6.20 Å². The van der Waals surface area contributed by atoms with E-state index in [2.05, 4.69) is 9.97 Å². The molecule has 0 aliphatic heterocycles. The molecular formula is C9H11ClN2O. The van der Waals surface area contributed by atoms with Gasteiger partial charge in [0.25, 0.3) is 0 Å². The van der Waals surface area contributed by atoms with Crippen LogP contribution in [0.3, 0.4) is 0 Å². The van der Waals surface area contributed by atoms with Gasteiger partial charge in [0.15, 0.2) is 5.78 Å². The van der Waals surface area contributed by atoms with Crippen molar-refractivity contribution in [2.24, 2.45) is 5.41 Å². The zero-order chi connectivity index (χ0) is 10.1. The van der Waals surface area contributed by atoms with Crippen LogP contribution in [0, 0.1) is 5.41 Å². The van der Waals surface area contributed by atoms with E-state index in [-0.39, 0.29) is 11.1 Å². The summed E-state index contributed by atoms with van der Waals surface area (Å²) in [4.78, 5) is 19.2. The Morgan fingerprint density at radius 2 is 2.08 bits per heavy atom. The van der Waals surface area contributed by atoms with Gasteiger partial charge < -0.3 is 0 Å². The van der Waals surface area contributed by atoms with Crippen molar-refractivity contribution in [2.45, 2.75) is 20.8 Å². The molecule has 1 rings (SSSR count). The fourth-order valence-electron chi connectivity index (χ4n) is 0.846. The lowest BCUT2D eigenvalue weighted by Crippen LogP contribution is -2.21. The van der Waals surface area contributed by atoms with Crippen molar-refractivity contribution in [3.8, 4) is 0 Å². The number of halogens is 1. The maximum absolute atomic E-state index is 11.7. The van der Waals surface area contributed by atoms with Crippen molar-refractivity contribution < 1.29 is 4.79 Å². The number of carbonyl (C=O) groups is 1. The predicted octanol–water partition coefficient (Wildman–Crippen LogP) is 2.36. The van der Waals surface area contributed by atoms with Crippen LogP contribution in [0.15, 0.2) is 12.3 Å². The van der Waals surface area contributed by atoms with Crippen molar-refractivity contribution >= 4 is 17.4 Å². The Hall–Kier alpha value is -0.960. The lowest BCUT2D eigenvalue weighted by molar-refractivity contribution is 0.0852. The molecule has 1 aromatic heterocycles. The lowest BCUT2D eigenvalue weighted by Gasteiger charge is -2.15. The van der Waals surface area contributed by atoms with Crippen LogP contribution in [-0.2, 0) is 0 Å². The molecule has 0 atom stereocenters. The molecule has 0 saturated heterocycles. The molecule has 0 saturated carbocycles. The van der Waals surface area contributed by atoms with Gasteiger partial charge in [-0.15, -0.1) is 0 Å². The monoisotopic (exact) mass is 198 g/mol. The number of ketones is 1. The quantitative estimate of drug-likeness (QED) is 0.514. The molecule has 13 heavy (non-hydrogen) atoms. The van der Waals surface area contributed by atoms with Gasteiger partial charge in [-0.25, -0.2) is 9.97 Å². The van der Waals surface area contributed by atoms with Crippen molar-refractivity contribution in [3.63, 3.8) is 0 Å². The topological polar surface area (TPSA) is 42.9 Å². The third-order valence-corrected chi connectivity index (χ3v) is 1.72. The van der Waals surface area contributed by atoms with Crippen LogP contribution >= 0.6 is 11.6 Å². The van der Waals surface area contributed by atoms with Crippen molar-refractivity contribution in [1.29, 1.82) is 0 Å². The Labute approximate surface area is 82.2 Å². The van der Waals surface area contributed by atoms with E-state index in [0.717, 1.165) is 0 Å². The summed E-state index contributed by atoms with van der Waals surface area (Å²) in [6, 6.07) is 1.57. The van der Waals surface area contributed by atoms with Crippen LogP contribution in [0.4, 0.5) is 0 Å². The van der Waals surface area contributed by atoms with Gasteiger partial charge in [0.05, 0.1) is 0 Å². The van der Waals surface area contributed by atoms with E-state index in [1.54, 1.807) is 6.07 Å². The van der Waals surface area contributed by atoms with Crippen molar-refractivity contribution in [3.05, 3.63) is 23.2 Å². The van der Waals surface area contributed by atoms with E-state index in [0.29, 0.717) is 5.69 Å². The Morgan fingerprint density at radius 1 is 1.46 bits per heavy atom. The van der Waals surface area contributed by atoms with Gasteiger partial charge in [0.2, 0.25) is 5.28 Å². The minimum absolute atomic E-state index is 0.0307. The van der Waals surface area contributed by atoms with Gasteiger partial charge in [-0.3, -0.25) is 4.79 Å². The third-order valence-electron chi connectivity index (χ3n) is 1.54. The molecule has 0 radical (unpaired) electrons. The minimum atomic E-state index is -0.433. The lowest BCUT2D eigenvalue weighted by atomic mass is 9.89. The first kappa shape index (κ1) is 10.1. The van der Waals surface area contributed by atoms with Crippen LogP contribution in [-0.4, -0.2) is 15.8 Å². The molecular weight excluding hydrogens is 188 g/mol. The highest BCUT2D eigenvalue weighted by Gasteiger charge is 2.24. The molecule has 0 bridgehead atoms. The highest BCUT2D eigenvalue weighted by Crippen LogP contribution is 2.19. The molecule has 0 aliphatic carbocycles. The number of rotatable bonds is 1. The summed E-state index contributed by atoms with van der Waals surface area (Å²) in [7, 11) is 0. The number of carbonyl (C=O) groups excluding carboxylic acids is 1. The van der Waals surface area contributed by atoms with Crippen LogP contribution in [0.5, 0.6) is 0 Å². The van der Waals surface area contributed by atoms with Gasteiger partial charge in [-0.1, -0.05) is 20.8 Å². The predicted molar refractivity (Wildman–Crippen MR) is 50.8 cm³/mol. The molecule has 0 N–H and O–H groups in total. The van der Waals surface area contributed by atoms with E-state index in [4.69, 9.17) is 11.6 Å². The number of aromatic nitrogens is 2.